The summed E-state index contributed by atoms with van der Waals surface area (Å²) in [4.78, 5) is 23.9. The largest absolute Gasteiger partial charge is 0.469 e. The molecule has 0 aliphatic heterocycles. The molecule has 23 heavy (non-hydrogen) atoms. The van der Waals surface area contributed by atoms with Gasteiger partial charge in [0.15, 0.2) is 0 Å². The number of hydrogen-bond acceptors (Lipinski definition) is 3. The summed E-state index contributed by atoms with van der Waals surface area (Å²) in [6.45, 7) is 0. The van der Waals surface area contributed by atoms with Crippen LogP contribution in [0.25, 0.3) is 0 Å². The van der Waals surface area contributed by atoms with Crippen molar-refractivity contribution in [3.8, 4) is 0 Å². The maximum Gasteiger partial charge on any atom is 0.307 e. The standard InChI is InChI=1S/C18H24BrNO3/c1-23-18(22)12-16(14-7-9-15(19)10-8-14)20-17(21)11-6-13-4-2-3-5-13/h7-10,13,16H,2-6,11-12H2,1H3,(H,20,21). The lowest BCUT2D eigenvalue weighted by atomic mass is 10.0. The van der Waals surface area contributed by atoms with E-state index in [1.54, 1.807) is 0 Å². The van der Waals surface area contributed by atoms with E-state index in [0.717, 1.165) is 16.5 Å². The van der Waals surface area contributed by atoms with Gasteiger partial charge in [0.2, 0.25) is 5.91 Å². The Morgan fingerprint density at radius 1 is 1.26 bits per heavy atom. The molecule has 0 bridgehead atoms. The number of hydrogen-bond donors (Lipinski definition) is 1. The minimum Gasteiger partial charge on any atom is -0.469 e. The van der Waals surface area contributed by atoms with Gasteiger partial charge in [0, 0.05) is 10.9 Å². The first-order valence-corrected chi connectivity index (χ1v) is 8.99. The predicted octanol–water partition coefficient (Wildman–Crippen LogP) is 4.14. The van der Waals surface area contributed by atoms with Crippen molar-refractivity contribution in [2.75, 3.05) is 7.11 Å². The summed E-state index contributed by atoms with van der Waals surface area (Å²) in [5.41, 5.74) is 0.910. The summed E-state index contributed by atoms with van der Waals surface area (Å²) in [5.74, 6) is 0.371. The normalized spacial score (nSPS) is 16.1. The van der Waals surface area contributed by atoms with Crippen LogP contribution in [0, 0.1) is 5.92 Å². The number of halogens is 1. The Morgan fingerprint density at radius 2 is 1.91 bits per heavy atom. The second kappa shape index (κ2) is 9.06. The summed E-state index contributed by atoms with van der Waals surface area (Å²) in [7, 11) is 1.36. The molecule has 1 aromatic rings. The lowest BCUT2D eigenvalue weighted by Gasteiger charge is -2.19. The van der Waals surface area contributed by atoms with Crippen LogP contribution in [0.2, 0.25) is 0 Å². The summed E-state index contributed by atoms with van der Waals surface area (Å²) in [5, 5.41) is 2.99. The highest BCUT2D eigenvalue weighted by molar-refractivity contribution is 9.10. The van der Waals surface area contributed by atoms with Gasteiger partial charge in [-0.3, -0.25) is 9.59 Å². The fraction of sp³-hybridized carbons (Fsp3) is 0.556. The Balaban J connectivity index is 1.94. The molecule has 1 fully saturated rings. The van der Waals surface area contributed by atoms with Crippen LogP contribution in [-0.4, -0.2) is 19.0 Å². The van der Waals surface area contributed by atoms with Crippen LogP contribution in [0.1, 0.15) is 56.6 Å². The monoisotopic (exact) mass is 381 g/mol. The van der Waals surface area contributed by atoms with E-state index in [9.17, 15) is 9.59 Å². The SMILES string of the molecule is COC(=O)CC(NC(=O)CCC1CCCC1)c1ccc(Br)cc1. The van der Waals surface area contributed by atoms with E-state index >= 15 is 0 Å². The Morgan fingerprint density at radius 3 is 2.52 bits per heavy atom. The van der Waals surface area contributed by atoms with E-state index in [1.807, 2.05) is 24.3 Å². The van der Waals surface area contributed by atoms with Gasteiger partial charge in [0.05, 0.1) is 19.6 Å². The number of ether oxygens (including phenoxy) is 1. The Labute approximate surface area is 146 Å². The molecule has 2 rings (SSSR count). The van der Waals surface area contributed by atoms with Gasteiger partial charge in [-0.05, 0) is 30.0 Å². The van der Waals surface area contributed by atoms with E-state index in [0.29, 0.717) is 12.3 Å². The van der Waals surface area contributed by atoms with Crippen molar-refractivity contribution in [1.82, 2.24) is 5.32 Å². The molecule has 0 heterocycles. The van der Waals surface area contributed by atoms with Crippen LogP contribution < -0.4 is 5.32 Å². The van der Waals surface area contributed by atoms with Gasteiger partial charge in [0.1, 0.15) is 0 Å². The highest BCUT2D eigenvalue weighted by Crippen LogP contribution is 2.28. The maximum absolute atomic E-state index is 12.2. The quantitative estimate of drug-likeness (QED) is 0.722. The highest BCUT2D eigenvalue weighted by atomic mass is 79.9. The first kappa shape index (κ1) is 18.0. The molecule has 1 aliphatic rings. The lowest BCUT2D eigenvalue weighted by Crippen LogP contribution is -2.30. The average Bonchev–Trinajstić information content (AvgIpc) is 3.06. The van der Waals surface area contributed by atoms with E-state index in [4.69, 9.17) is 4.74 Å². The fourth-order valence-corrected chi connectivity index (χ4v) is 3.36. The van der Waals surface area contributed by atoms with Gasteiger partial charge in [-0.25, -0.2) is 0 Å². The molecule has 1 amide bonds. The van der Waals surface area contributed by atoms with E-state index < -0.39 is 0 Å². The second-order valence-electron chi connectivity index (χ2n) is 6.14. The van der Waals surface area contributed by atoms with Crippen molar-refractivity contribution in [3.05, 3.63) is 34.3 Å². The maximum atomic E-state index is 12.2. The minimum absolute atomic E-state index is 0.00808. The van der Waals surface area contributed by atoms with Crippen molar-refractivity contribution in [3.63, 3.8) is 0 Å². The van der Waals surface area contributed by atoms with Gasteiger partial charge in [-0.15, -0.1) is 0 Å². The van der Waals surface area contributed by atoms with Crippen molar-refractivity contribution in [2.45, 2.75) is 51.0 Å². The van der Waals surface area contributed by atoms with Crippen molar-refractivity contribution in [2.24, 2.45) is 5.92 Å². The molecule has 1 unspecified atom stereocenters. The molecule has 5 heteroatoms. The number of carbonyl (C=O) groups is 2. The van der Waals surface area contributed by atoms with Crippen LogP contribution in [0.5, 0.6) is 0 Å². The van der Waals surface area contributed by atoms with Crippen molar-refractivity contribution < 1.29 is 14.3 Å². The molecule has 4 nitrogen and oxygen atoms in total. The van der Waals surface area contributed by atoms with Crippen LogP contribution in [0.15, 0.2) is 28.7 Å². The molecule has 0 aromatic heterocycles. The van der Waals surface area contributed by atoms with Gasteiger partial charge in [0.25, 0.3) is 0 Å². The van der Waals surface area contributed by atoms with Crippen LogP contribution >= 0.6 is 15.9 Å². The summed E-state index contributed by atoms with van der Waals surface area (Å²) < 4.78 is 5.71. The van der Waals surface area contributed by atoms with E-state index in [1.165, 1.54) is 32.8 Å². The third kappa shape index (κ3) is 5.98. The molecular formula is C18H24BrNO3. The summed E-state index contributed by atoms with van der Waals surface area (Å²) in [6, 6.07) is 7.30. The molecule has 1 aromatic carbocycles. The van der Waals surface area contributed by atoms with Crippen molar-refractivity contribution in [1.29, 1.82) is 0 Å². The number of carbonyl (C=O) groups excluding carboxylic acids is 2. The second-order valence-corrected chi connectivity index (χ2v) is 7.06. The first-order valence-electron chi connectivity index (χ1n) is 8.20. The van der Waals surface area contributed by atoms with E-state index in [-0.39, 0.29) is 24.3 Å². The summed E-state index contributed by atoms with van der Waals surface area (Å²) in [6.07, 6.45) is 6.67. The lowest BCUT2D eigenvalue weighted by molar-refractivity contribution is -0.141. The van der Waals surface area contributed by atoms with Crippen LogP contribution in [0.3, 0.4) is 0 Å². The van der Waals surface area contributed by atoms with Crippen LogP contribution in [-0.2, 0) is 14.3 Å². The van der Waals surface area contributed by atoms with Gasteiger partial charge >= 0.3 is 5.97 Å². The number of amides is 1. The third-order valence-corrected chi connectivity index (χ3v) is 4.99. The molecule has 1 N–H and O–H groups in total. The highest BCUT2D eigenvalue weighted by Gasteiger charge is 2.21. The number of methoxy groups -OCH3 is 1. The molecule has 1 aliphatic carbocycles. The Kier molecular flexibility index (Phi) is 7.09. The van der Waals surface area contributed by atoms with Gasteiger partial charge in [-0.1, -0.05) is 53.7 Å². The molecule has 1 saturated carbocycles. The molecule has 0 saturated heterocycles. The zero-order chi connectivity index (χ0) is 16.7. The van der Waals surface area contributed by atoms with Gasteiger partial charge in [-0.2, -0.15) is 0 Å². The zero-order valence-corrected chi connectivity index (χ0v) is 15.1. The molecule has 1 atom stereocenters. The van der Waals surface area contributed by atoms with Crippen molar-refractivity contribution >= 4 is 27.8 Å². The smallest absolute Gasteiger partial charge is 0.307 e. The predicted molar refractivity (Wildman–Crippen MR) is 92.9 cm³/mol. The average molecular weight is 382 g/mol. The minimum atomic E-state index is -0.341. The Hall–Kier alpha value is -1.36. The zero-order valence-electron chi connectivity index (χ0n) is 13.5. The number of esters is 1. The topological polar surface area (TPSA) is 55.4 Å². The first-order chi connectivity index (χ1) is 11.1. The molecule has 0 spiro atoms. The van der Waals surface area contributed by atoms with Crippen LogP contribution in [0.4, 0.5) is 0 Å². The number of benzene rings is 1. The van der Waals surface area contributed by atoms with Gasteiger partial charge < -0.3 is 10.1 Å². The molecular weight excluding hydrogens is 358 g/mol. The summed E-state index contributed by atoms with van der Waals surface area (Å²) >= 11 is 3.39. The number of nitrogens with one attached hydrogen (secondary N) is 1. The number of rotatable bonds is 7. The third-order valence-electron chi connectivity index (χ3n) is 4.46. The van der Waals surface area contributed by atoms with E-state index in [2.05, 4.69) is 21.2 Å². The molecule has 0 radical (unpaired) electrons. The fourth-order valence-electron chi connectivity index (χ4n) is 3.10. The Bertz CT molecular complexity index is 524. The molecule has 126 valence electrons.